The van der Waals surface area contributed by atoms with E-state index in [9.17, 15) is 0 Å². The van der Waals surface area contributed by atoms with Crippen molar-refractivity contribution in [3.05, 3.63) is 36.1 Å². The minimum Gasteiger partial charge on any atom is -0.493 e. The maximum absolute atomic E-state index is 5.44. The summed E-state index contributed by atoms with van der Waals surface area (Å²) in [5, 5.41) is 0. The van der Waals surface area contributed by atoms with Gasteiger partial charge in [0.1, 0.15) is 12.4 Å². The number of para-hydroxylation sites is 1. The van der Waals surface area contributed by atoms with Gasteiger partial charge >= 0.3 is 0 Å². The molecule has 0 aromatic heterocycles. The van der Waals surface area contributed by atoms with Gasteiger partial charge in [0.15, 0.2) is 11.5 Å². The number of rotatable bonds is 3. The van der Waals surface area contributed by atoms with Gasteiger partial charge in [-0.25, -0.2) is 0 Å². The van der Waals surface area contributed by atoms with Gasteiger partial charge in [-0.3, -0.25) is 0 Å². The molecular formula is C12H14O4. The van der Waals surface area contributed by atoms with Crippen molar-refractivity contribution in [3.63, 3.8) is 0 Å². The molecule has 0 N–H and O–H groups in total. The summed E-state index contributed by atoms with van der Waals surface area (Å²) in [6.07, 6.45) is -0.461. The second-order valence-electron chi connectivity index (χ2n) is 3.38. The Morgan fingerprint density at radius 3 is 2.69 bits per heavy atom. The maximum atomic E-state index is 5.44. The van der Waals surface area contributed by atoms with E-state index in [4.69, 9.17) is 18.9 Å². The molecule has 0 spiro atoms. The molecule has 1 atom stereocenters. The van der Waals surface area contributed by atoms with Crippen LogP contribution in [0.2, 0.25) is 0 Å². The lowest BCUT2D eigenvalue weighted by molar-refractivity contribution is -0.0355. The van der Waals surface area contributed by atoms with Gasteiger partial charge in [0, 0.05) is 0 Å². The highest BCUT2D eigenvalue weighted by Crippen LogP contribution is 2.39. The summed E-state index contributed by atoms with van der Waals surface area (Å²) >= 11 is 0. The van der Waals surface area contributed by atoms with E-state index < -0.39 is 6.29 Å². The van der Waals surface area contributed by atoms with Crippen molar-refractivity contribution in [2.24, 2.45) is 0 Å². The lowest BCUT2D eigenvalue weighted by Gasteiger charge is -2.16. The van der Waals surface area contributed by atoms with E-state index in [2.05, 4.69) is 6.58 Å². The average Bonchev–Trinajstić information content (AvgIpc) is 2.74. The Labute approximate surface area is 94.4 Å². The molecule has 0 aliphatic carbocycles. The van der Waals surface area contributed by atoms with Crippen LogP contribution in [0.5, 0.6) is 11.5 Å². The van der Waals surface area contributed by atoms with Crippen molar-refractivity contribution in [2.45, 2.75) is 6.29 Å². The molecule has 2 rings (SSSR count). The van der Waals surface area contributed by atoms with Crippen LogP contribution in [-0.2, 0) is 9.47 Å². The Morgan fingerprint density at radius 1 is 1.31 bits per heavy atom. The van der Waals surface area contributed by atoms with E-state index in [0.717, 1.165) is 5.56 Å². The van der Waals surface area contributed by atoms with Crippen LogP contribution >= 0.6 is 0 Å². The highest BCUT2D eigenvalue weighted by molar-refractivity contribution is 5.47. The third-order valence-electron chi connectivity index (χ3n) is 2.36. The van der Waals surface area contributed by atoms with E-state index in [1.165, 1.54) is 0 Å². The molecule has 1 unspecified atom stereocenters. The average molecular weight is 222 g/mol. The Kier molecular flexibility index (Phi) is 3.01. The van der Waals surface area contributed by atoms with Crippen LogP contribution in [0.25, 0.3) is 0 Å². The first-order chi connectivity index (χ1) is 7.76. The lowest BCUT2D eigenvalue weighted by Crippen LogP contribution is -2.02. The number of benzene rings is 1. The van der Waals surface area contributed by atoms with Gasteiger partial charge in [-0.15, -0.1) is 0 Å². The fourth-order valence-electron chi connectivity index (χ4n) is 1.64. The fourth-order valence-corrected chi connectivity index (χ4v) is 1.64. The molecular weight excluding hydrogens is 208 g/mol. The second kappa shape index (κ2) is 4.45. The van der Waals surface area contributed by atoms with Crippen molar-refractivity contribution >= 4 is 0 Å². The Morgan fingerprint density at radius 2 is 2.12 bits per heavy atom. The molecule has 0 radical (unpaired) electrons. The van der Waals surface area contributed by atoms with Crippen molar-refractivity contribution < 1.29 is 18.9 Å². The van der Waals surface area contributed by atoms with Gasteiger partial charge in [0.25, 0.3) is 0 Å². The summed E-state index contributed by atoms with van der Waals surface area (Å²) in [7, 11) is 3.18. The van der Waals surface area contributed by atoms with Crippen LogP contribution < -0.4 is 9.47 Å². The normalized spacial score (nSPS) is 19.4. The van der Waals surface area contributed by atoms with Crippen molar-refractivity contribution in [1.82, 2.24) is 0 Å². The van der Waals surface area contributed by atoms with E-state index >= 15 is 0 Å². The third kappa shape index (κ3) is 1.84. The molecule has 0 bridgehead atoms. The number of ether oxygens (including phenoxy) is 4. The van der Waals surface area contributed by atoms with Gasteiger partial charge in [0.05, 0.1) is 19.8 Å². The molecule has 4 heteroatoms. The van der Waals surface area contributed by atoms with E-state index in [1.54, 1.807) is 14.2 Å². The monoisotopic (exact) mass is 222 g/mol. The Hall–Kier alpha value is -1.68. The minimum absolute atomic E-state index is 0.408. The van der Waals surface area contributed by atoms with Crippen LogP contribution in [0.1, 0.15) is 11.9 Å². The molecule has 1 aliphatic rings. The van der Waals surface area contributed by atoms with Gasteiger partial charge in [0.2, 0.25) is 6.29 Å². The molecule has 0 saturated carbocycles. The lowest BCUT2D eigenvalue weighted by atomic mass is 10.2. The van der Waals surface area contributed by atoms with E-state index in [-0.39, 0.29) is 0 Å². The zero-order valence-corrected chi connectivity index (χ0v) is 9.36. The number of methoxy groups -OCH3 is 2. The summed E-state index contributed by atoms with van der Waals surface area (Å²) in [5.41, 5.74) is 0.806. The summed E-state index contributed by atoms with van der Waals surface area (Å²) in [5.74, 6) is 1.91. The van der Waals surface area contributed by atoms with Crippen molar-refractivity contribution in [2.75, 3.05) is 20.8 Å². The van der Waals surface area contributed by atoms with Crippen LogP contribution in [0.4, 0.5) is 0 Å². The maximum Gasteiger partial charge on any atom is 0.230 e. The topological polar surface area (TPSA) is 36.9 Å². The number of hydrogen-bond donors (Lipinski definition) is 0. The predicted molar refractivity (Wildman–Crippen MR) is 58.5 cm³/mol. The zero-order valence-electron chi connectivity index (χ0n) is 9.36. The molecule has 1 heterocycles. The van der Waals surface area contributed by atoms with E-state index in [1.807, 2.05) is 18.2 Å². The Bertz CT molecular complexity index is 400. The van der Waals surface area contributed by atoms with Crippen LogP contribution in [0.15, 0.2) is 30.5 Å². The zero-order chi connectivity index (χ0) is 11.5. The van der Waals surface area contributed by atoms with Gasteiger partial charge < -0.3 is 18.9 Å². The minimum atomic E-state index is -0.461. The fraction of sp³-hybridized carbons (Fsp3) is 0.333. The first-order valence-electron chi connectivity index (χ1n) is 4.93. The molecule has 16 heavy (non-hydrogen) atoms. The molecule has 1 aromatic rings. The molecule has 86 valence electrons. The van der Waals surface area contributed by atoms with Crippen molar-refractivity contribution in [1.29, 1.82) is 0 Å². The molecule has 1 fully saturated rings. The first-order valence-corrected chi connectivity index (χ1v) is 4.93. The first kappa shape index (κ1) is 10.8. The summed E-state index contributed by atoms with van der Waals surface area (Å²) in [6.45, 7) is 4.12. The highest BCUT2D eigenvalue weighted by Gasteiger charge is 2.26. The van der Waals surface area contributed by atoms with Crippen LogP contribution in [0.3, 0.4) is 0 Å². The van der Waals surface area contributed by atoms with E-state index in [0.29, 0.717) is 23.9 Å². The quantitative estimate of drug-likeness (QED) is 0.786. The predicted octanol–water partition coefficient (Wildman–Crippen LogP) is 2.26. The third-order valence-corrected chi connectivity index (χ3v) is 2.36. The van der Waals surface area contributed by atoms with Crippen molar-refractivity contribution in [3.8, 4) is 11.5 Å². The molecule has 0 amide bonds. The van der Waals surface area contributed by atoms with Gasteiger partial charge in [-0.1, -0.05) is 12.6 Å². The summed E-state index contributed by atoms with van der Waals surface area (Å²) in [6, 6.07) is 5.57. The van der Waals surface area contributed by atoms with Crippen LogP contribution in [-0.4, -0.2) is 20.8 Å². The summed E-state index contributed by atoms with van der Waals surface area (Å²) < 4.78 is 21.4. The molecule has 1 aliphatic heterocycles. The second-order valence-corrected chi connectivity index (χ2v) is 3.38. The molecule has 4 nitrogen and oxygen atoms in total. The molecule has 1 aromatic carbocycles. The smallest absolute Gasteiger partial charge is 0.230 e. The number of hydrogen-bond acceptors (Lipinski definition) is 4. The van der Waals surface area contributed by atoms with Crippen LogP contribution in [0, 0.1) is 0 Å². The highest BCUT2D eigenvalue weighted by atomic mass is 16.7. The standard InChI is InChI=1S/C12H14O4/c1-8-7-15-12(16-8)9-5-4-6-10(13-2)11(9)14-3/h4-6,12H,1,7H2,2-3H3. The SMILES string of the molecule is C=C1COC(c2cccc(OC)c2OC)O1. The van der Waals surface area contributed by atoms with Gasteiger partial charge in [-0.05, 0) is 12.1 Å². The largest absolute Gasteiger partial charge is 0.493 e. The summed E-state index contributed by atoms with van der Waals surface area (Å²) in [4.78, 5) is 0. The van der Waals surface area contributed by atoms with Gasteiger partial charge in [-0.2, -0.15) is 0 Å². The molecule has 1 saturated heterocycles. The Balaban J connectivity index is 2.36.